The third kappa shape index (κ3) is 5.13. The Hall–Kier alpha value is -3.48. The van der Waals surface area contributed by atoms with Crippen LogP contribution in [0, 0.1) is 21.4 Å². The van der Waals surface area contributed by atoms with Gasteiger partial charge in [-0.15, -0.1) is 11.3 Å². The topological polar surface area (TPSA) is 108 Å². The standard InChI is InChI=1S/C24H20N4O3S2/c1-15(29)27-19-7-3-5-9-22(19)32-23-11-10-16(12-20(23)28(30)31)14-26-24-18(13-25)17-6-2-4-8-21(17)33-24/h3,5,7,9-12,14H,2,4,6,8H2,1H3,(H,27,29). The number of thiophene rings is 1. The Morgan fingerprint density at radius 2 is 2.03 bits per heavy atom. The van der Waals surface area contributed by atoms with E-state index in [0.29, 0.717) is 31.6 Å². The fourth-order valence-electron chi connectivity index (χ4n) is 3.70. The van der Waals surface area contributed by atoms with Crippen LogP contribution in [0.1, 0.15) is 41.3 Å². The lowest BCUT2D eigenvalue weighted by molar-refractivity contribution is -0.387. The minimum Gasteiger partial charge on any atom is -0.325 e. The lowest BCUT2D eigenvalue weighted by atomic mass is 9.96. The number of para-hydroxylation sites is 1. The summed E-state index contributed by atoms with van der Waals surface area (Å²) in [6.07, 6.45) is 5.66. The number of fused-ring (bicyclic) bond motifs is 1. The number of aryl methyl sites for hydroxylation is 1. The second kappa shape index (κ2) is 9.98. The molecule has 1 aromatic heterocycles. The largest absolute Gasteiger partial charge is 0.325 e. The molecular weight excluding hydrogens is 456 g/mol. The first-order valence-electron chi connectivity index (χ1n) is 10.4. The van der Waals surface area contributed by atoms with Crippen LogP contribution in [0.25, 0.3) is 0 Å². The van der Waals surface area contributed by atoms with E-state index in [0.717, 1.165) is 31.2 Å². The Balaban J connectivity index is 1.63. The summed E-state index contributed by atoms with van der Waals surface area (Å²) in [6, 6.07) is 14.4. The molecule has 1 heterocycles. The minimum absolute atomic E-state index is 0.0486. The van der Waals surface area contributed by atoms with Crippen LogP contribution in [-0.4, -0.2) is 17.0 Å². The Morgan fingerprint density at radius 3 is 2.79 bits per heavy atom. The maximum atomic E-state index is 11.8. The van der Waals surface area contributed by atoms with Gasteiger partial charge in [-0.1, -0.05) is 30.0 Å². The molecule has 0 saturated heterocycles. The Bertz CT molecular complexity index is 1310. The molecule has 0 atom stereocenters. The number of nitro benzene ring substituents is 1. The molecule has 1 amide bonds. The quantitative estimate of drug-likeness (QED) is 0.256. The van der Waals surface area contributed by atoms with Crippen LogP contribution in [0.2, 0.25) is 0 Å². The number of hydrogen-bond acceptors (Lipinski definition) is 7. The molecule has 0 spiro atoms. The zero-order valence-corrected chi connectivity index (χ0v) is 19.5. The lowest BCUT2D eigenvalue weighted by Crippen LogP contribution is -2.06. The van der Waals surface area contributed by atoms with Crippen LogP contribution >= 0.6 is 23.1 Å². The normalized spacial score (nSPS) is 12.8. The van der Waals surface area contributed by atoms with Crippen molar-refractivity contribution >= 4 is 51.6 Å². The number of carbonyl (C=O) groups is 1. The Morgan fingerprint density at radius 1 is 1.24 bits per heavy atom. The van der Waals surface area contributed by atoms with Crippen LogP contribution in [0.4, 0.5) is 16.4 Å². The molecule has 9 heteroatoms. The molecule has 1 aliphatic rings. The highest BCUT2D eigenvalue weighted by Crippen LogP contribution is 2.40. The van der Waals surface area contributed by atoms with Gasteiger partial charge in [-0.25, -0.2) is 4.99 Å². The van der Waals surface area contributed by atoms with Gasteiger partial charge in [-0.2, -0.15) is 5.26 Å². The van der Waals surface area contributed by atoms with Gasteiger partial charge in [-0.05, 0) is 55.0 Å². The Labute approximate surface area is 199 Å². The number of benzene rings is 2. The van der Waals surface area contributed by atoms with Crippen molar-refractivity contribution in [2.75, 3.05) is 5.32 Å². The molecule has 0 bridgehead atoms. The number of carbonyl (C=O) groups excluding carboxylic acids is 1. The highest BCUT2D eigenvalue weighted by molar-refractivity contribution is 7.99. The van der Waals surface area contributed by atoms with E-state index in [1.807, 2.05) is 6.07 Å². The number of aliphatic imine (C=N–C) groups is 1. The molecule has 33 heavy (non-hydrogen) atoms. The van der Waals surface area contributed by atoms with E-state index < -0.39 is 4.92 Å². The molecular formula is C24H20N4O3S2. The van der Waals surface area contributed by atoms with Gasteiger partial charge in [0.05, 0.1) is 21.1 Å². The van der Waals surface area contributed by atoms with E-state index in [-0.39, 0.29) is 11.6 Å². The summed E-state index contributed by atoms with van der Waals surface area (Å²) in [4.78, 5) is 29.7. The second-order valence-electron chi connectivity index (χ2n) is 7.52. The minimum atomic E-state index is -0.425. The predicted molar refractivity (Wildman–Crippen MR) is 131 cm³/mol. The number of nitriles is 1. The number of anilines is 1. The van der Waals surface area contributed by atoms with E-state index in [1.165, 1.54) is 41.0 Å². The van der Waals surface area contributed by atoms with Gasteiger partial charge in [0, 0.05) is 29.0 Å². The van der Waals surface area contributed by atoms with Crippen LogP contribution < -0.4 is 5.32 Å². The van der Waals surface area contributed by atoms with Crippen molar-refractivity contribution in [1.29, 1.82) is 5.26 Å². The van der Waals surface area contributed by atoms with E-state index in [4.69, 9.17) is 0 Å². The van der Waals surface area contributed by atoms with Gasteiger partial charge in [0.2, 0.25) is 5.91 Å². The van der Waals surface area contributed by atoms with Crippen LogP contribution in [0.3, 0.4) is 0 Å². The first-order chi connectivity index (χ1) is 16.0. The van der Waals surface area contributed by atoms with Gasteiger partial charge in [-0.3, -0.25) is 14.9 Å². The summed E-state index contributed by atoms with van der Waals surface area (Å²) in [5.41, 5.74) is 2.86. The third-order valence-corrected chi connectivity index (χ3v) is 7.53. The average molecular weight is 477 g/mol. The summed E-state index contributed by atoms with van der Waals surface area (Å²) in [7, 11) is 0. The van der Waals surface area contributed by atoms with E-state index in [1.54, 1.807) is 36.5 Å². The summed E-state index contributed by atoms with van der Waals surface area (Å²) < 4.78 is 0. The second-order valence-corrected chi connectivity index (χ2v) is 9.69. The third-order valence-electron chi connectivity index (χ3n) is 5.19. The molecule has 1 N–H and O–H groups in total. The fraction of sp³-hybridized carbons (Fsp3) is 0.208. The van der Waals surface area contributed by atoms with Crippen molar-refractivity contribution in [1.82, 2.24) is 0 Å². The van der Waals surface area contributed by atoms with Gasteiger partial charge in [0.15, 0.2) is 0 Å². The van der Waals surface area contributed by atoms with Crippen LogP contribution in [0.5, 0.6) is 0 Å². The molecule has 0 saturated carbocycles. The number of nitro groups is 1. The molecule has 4 rings (SSSR count). The highest BCUT2D eigenvalue weighted by Gasteiger charge is 2.21. The highest BCUT2D eigenvalue weighted by atomic mass is 32.2. The maximum absolute atomic E-state index is 11.8. The summed E-state index contributed by atoms with van der Waals surface area (Å²) >= 11 is 2.75. The van der Waals surface area contributed by atoms with Gasteiger partial charge < -0.3 is 5.32 Å². The first kappa shape index (κ1) is 22.7. The fourth-order valence-corrected chi connectivity index (χ4v) is 5.87. The zero-order chi connectivity index (χ0) is 23.4. The van der Waals surface area contributed by atoms with Crippen molar-refractivity contribution in [2.45, 2.75) is 42.4 Å². The predicted octanol–water partition coefficient (Wildman–Crippen LogP) is 6.27. The number of nitrogens with zero attached hydrogens (tertiary/aromatic N) is 3. The first-order valence-corrected chi connectivity index (χ1v) is 12.0. The number of rotatable bonds is 6. The zero-order valence-electron chi connectivity index (χ0n) is 17.8. The van der Waals surface area contributed by atoms with Crippen molar-refractivity contribution in [3.05, 3.63) is 74.1 Å². The van der Waals surface area contributed by atoms with Crippen molar-refractivity contribution in [3.8, 4) is 6.07 Å². The van der Waals surface area contributed by atoms with E-state index in [9.17, 15) is 20.2 Å². The Kier molecular flexibility index (Phi) is 6.87. The molecule has 7 nitrogen and oxygen atoms in total. The molecule has 3 aromatic rings. The van der Waals surface area contributed by atoms with Gasteiger partial charge >= 0.3 is 0 Å². The average Bonchev–Trinajstić information content (AvgIpc) is 3.16. The number of amides is 1. The van der Waals surface area contributed by atoms with Crippen molar-refractivity contribution < 1.29 is 9.72 Å². The van der Waals surface area contributed by atoms with E-state index >= 15 is 0 Å². The molecule has 0 unspecified atom stereocenters. The smallest absolute Gasteiger partial charge is 0.283 e. The molecule has 0 aliphatic heterocycles. The lowest BCUT2D eigenvalue weighted by Gasteiger charge is -2.10. The maximum Gasteiger partial charge on any atom is 0.283 e. The van der Waals surface area contributed by atoms with Gasteiger partial charge in [0.25, 0.3) is 5.69 Å². The monoisotopic (exact) mass is 476 g/mol. The molecule has 2 aromatic carbocycles. The van der Waals surface area contributed by atoms with Crippen LogP contribution in [-0.2, 0) is 17.6 Å². The number of hydrogen-bond donors (Lipinski definition) is 1. The molecule has 1 aliphatic carbocycles. The molecule has 0 radical (unpaired) electrons. The van der Waals surface area contributed by atoms with Crippen molar-refractivity contribution in [2.24, 2.45) is 4.99 Å². The SMILES string of the molecule is CC(=O)Nc1ccccc1Sc1ccc(C=Nc2sc3c(c2C#N)CCCC3)cc1[N+](=O)[O-]. The molecule has 166 valence electrons. The summed E-state index contributed by atoms with van der Waals surface area (Å²) in [5.74, 6) is -0.212. The van der Waals surface area contributed by atoms with Crippen molar-refractivity contribution in [3.63, 3.8) is 0 Å². The summed E-state index contributed by atoms with van der Waals surface area (Å²) in [6.45, 7) is 1.42. The summed E-state index contributed by atoms with van der Waals surface area (Å²) in [5, 5.41) is 24.8. The van der Waals surface area contributed by atoms with Crippen LogP contribution in [0.15, 0.2) is 57.2 Å². The molecule has 0 fully saturated rings. The van der Waals surface area contributed by atoms with Gasteiger partial charge in [0.1, 0.15) is 11.1 Å². The number of nitrogens with one attached hydrogen (secondary N) is 1. The van der Waals surface area contributed by atoms with E-state index in [2.05, 4.69) is 16.4 Å².